The van der Waals surface area contributed by atoms with Crippen LogP contribution in [0.4, 0.5) is 5.82 Å². The molecule has 1 aliphatic carbocycles. The Hall–Kier alpha value is -1.09. The van der Waals surface area contributed by atoms with Crippen molar-refractivity contribution in [2.24, 2.45) is 11.8 Å². The van der Waals surface area contributed by atoms with Crippen LogP contribution in [0.1, 0.15) is 51.1 Å². The summed E-state index contributed by atoms with van der Waals surface area (Å²) in [5.74, 6) is 2.24. The van der Waals surface area contributed by atoms with Gasteiger partial charge >= 0.3 is 0 Å². The molecule has 3 atom stereocenters. The number of nitrogens with one attached hydrogen (secondary N) is 1. The van der Waals surface area contributed by atoms with Crippen LogP contribution in [0.2, 0.25) is 0 Å². The minimum atomic E-state index is 0.378. The molecule has 0 amide bonds. The van der Waals surface area contributed by atoms with Gasteiger partial charge in [-0.25, -0.2) is 4.98 Å². The normalized spacial score (nSPS) is 25.2. The standard InChI is InChI=1S/C15H25N3/c1-3-8-17-14(12-7-6-11(2)10-12)13-5-4-9-18-15(13)16/h4-5,9,11-12,14,17H,3,6-8,10H2,1-2H3,(H2,16,18). The molecular formula is C15H25N3. The first-order valence-electron chi connectivity index (χ1n) is 7.16. The number of nitrogens with two attached hydrogens (primary N) is 1. The van der Waals surface area contributed by atoms with Crippen molar-refractivity contribution in [1.82, 2.24) is 10.3 Å². The molecule has 3 N–H and O–H groups in total. The van der Waals surface area contributed by atoms with Gasteiger partial charge in [0, 0.05) is 17.8 Å². The molecule has 0 bridgehead atoms. The third-order valence-electron chi connectivity index (χ3n) is 4.03. The van der Waals surface area contributed by atoms with E-state index < -0.39 is 0 Å². The predicted octanol–water partition coefficient (Wildman–Crippen LogP) is 3.14. The highest BCUT2D eigenvalue weighted by Gasteiger charge is 2.30. The van der Waals surface area contributed by atoms with Gasteiger partial charge in [0.2, 0.25) is 0 Å². The van der Waals surface area contributed by atoms with Crippen LogP contribution >= 0.6 is 0 Å². The zero-order chi connectivity index (χ0) is 13.0. The average molecular weight is 247 g/mol. The number of aromatic nitrogens is 1. The van der Waals surface area contributed by atoms with Gasteiger partial charge in [-0.05, 0) is 43.7 Å². The van der Waals surface area contributed by atoms with E-state index in [1.807, 2.05) is 6.07 Å². The molecule has 3 nitrogen and oxygen atoms in total. The summed E-state index contributed by atoms with van der Waals surface area (Å²) in [6.07, 6.45) is 6.87. The Kier molecular flexibility index (Phi) is 4.59. The summed E-state index contributed by atoms with van der Waals surface area (Å²) in [5, 5.41) is 3.67. The lowest BCUT2D eigenvalue weighted by atomic mass is 9.91. The third kappa shape index (κ3) is 3.02. The first-order valence-corrected chi connectivity index (χ1v) is 7.16. The summed E-state index contributed by atoms with van der Waals surface area (Å²) >= 11 is 0. The van der Waals surface area contributed by atoms with Crippen LogP contribution in [0.25, 0.3) is 0 Å². The number of hydrogen-bond acceptors (Lipinski definition) is 3. The molecule has 1 aromatic rings. The van der Waals surface area contributed by atoms with Crippen LogP contribution in [0.15, 0.2) is 18.3 Å². The maximum atomic E-state index is 6.04. The van der Waals surface area contributed by atoms with Gasteiger partial charge in [-0.15, -0.1) is 0 Å². The van der Waals surface area contributed by atoms with Gasteiger partial charge in [0.05, 0.1) is 0 Å². The van der Waals surface area contributed by atoms with Gasteiger partial charge in [-0.3, -0.25) is 0 Å². The Bertz CT molecular complexity index is 378. The first kappa shape index (κ1) is 13.3. The van der Waals surface area contributed by atoms with Crippen molar-refractivity contribution in [1.29, 1.82) is 0 Å². The summed E-state index contributed by atoms with van der Waals surface area (Å²) in [6, 6.07) is 4.49. The van der Waals surface area contributed by atoms with E-state index in [-0.39, 0.29) is 0 Å². The molecule has 3 unspecified atom stereocenters. The summed E-state index contributed by atoms with van der Waals surface area (Å²) in [7, 11) is 0. The van der Waals surface area contributed by atoms with E-state index in [0.717, 1.165) is 18.9 Å². The lowest BCUT2D eigenvalue weighted by Crippen LogP contribution is -2.29. The van der Waals surface area contributed by atoms with Crippen molar-refractivity contribution in [3.8, 4) is 0 Å². The molecule has 0 radical (unpaired) electrons. The smallest absolute Gasteiger partial charge is 0.128 e. The van der Waals surface area contributed by atoms with Crippen LogP contribution in [0.5, 0.6) is 0 Å². The van der Waals surface area contributed by atoms with E-state index in [1.165, 1.54) is 24.8 Å². The molecule has 1 heterocycles. The van der Waals surface area contributed by atoms with Gasteiger partial charge in [0.15, 0.2) is 0 Å². The monoisotopic (exact) mass is 247 g/mol. The maximum absolute atomic E-state index is 6.04. The molecular weight excluding hydrogens is 222 g/mol. The van der Waals surface area contributed by atoms with Crippen LogP contribution in [0, 0.1) is 11.8 Å². The summed E-state index contributed by atoms with van der Waals surface area (Å²) in [6.45, 7) is 5.60. The lowest BCUT2D eigenvalue weighted by molar-refractivity contribution is 0.359. The second-order valence-electron chi connectivity index (χ2n) is 5.59. The molecule has 1 saturated carbocycles. The Labute approximate surface area is 110 Å². The molecule has 2 rings (SSSR count). The fourth-order valence-electron chi connectivity index (χ4n) is 3.08. The third-order valence-corrected chi connectivity index (χ3v) is 4.03. The predicted molar refractivity (Wildman–Crippen MR) is 76.2 cm³/mol. The first-order chi connectivity index (χ1) is 8.72. The zero-order valence-electron chi connectivity index (χ0n) is 11.5. The number of pyridine rings is 1. The van der Waals surface area contributed by atoms with Gasteiger partial charge in [-0.1, -0.05) is 26.3 Å². The van der Waals surface area contributed by atoms with E-state index in [2.05, 4.69) is 30.2 Å². The highest BCUT2D eigenvalue weighted by atomic mass is 14.9. The molecule has 1 aromatic heterocycles. The van der Waals surface area contributed by atoms with Crippen molar-refractivity contribution >= 4 is 5.82 Å². The Balaban J connectivity index is 2.17. The van der Waals surface area contributed by atoms with Gasteiger partial charge in [0.25, 0.3) is 0 Å². The van der Waals surface area contributed by atoms with E-state index in [0.29, 0.717) is 17.8 Å². The van der Waals surface area contributed by atoms with E-state index >= 15 is 0 Å². The van der Waals surface area contributed by atoms with Crippen LogP contribution in [0.3, 0.4) is 0 Å². The van der Waals surface area contributed by atoms with E-state index in [9.17, 15) is 0 Å². The summed E-state index contributed by atoms with van der Waals surface area (Å²) in [5.41, 5.74) is 7.23. The highest BCUT2D eigenvalue weighted by molar-refractivity contribution is 5.41. The molecule has 3 heteroatoms. The summed E-state index contributed by atoms with van der Waals surface area (Å²) < 4.78 is 0. The largest absolute Gasteiger partial charge is 0.383 e. The molecule has 1 fully saturated rings. The van der Waals surface area contributed by atoms with Gasteiger partial charge in [0.1, 0.15) is 5.82 Å². The van der Waals surface area contributed by atoms with Crippen molar-refractivity contribution < 1.29 is 0 Å². The van der Waals surface area contributed by atoms with Crippen LogP contribution in [-0.2, 0) is 0 Å². The van der Waals surface area contributed by atoms with Crippen molar-refractivity contribution in [3.63, 3.8) is 0 Å². The topological polar surface area (TPSA) is 50.9 Å². The average Bonchev–Trinajstić information content (AvgIpc) is 2.78. The minimum Gasteiger partial charge on any atom is -0.383 e. The fraction of sp³-hybridized carbons (Fsp3) is 0.667. The molecule has 0 aliphatic heterocycles. The van der Waals surface area contributed by atoms with Gasteiger partial charge < -0.3 is 11.1 Å². The second-order valence-corrected chi connectivity index (χ2v) is 5.59. The Morgan fingerprint density at radius 1 is 1.50 bits per heavy atom. The second kappa shape index (κ2) is 6.19. The molecule has 0 aromatic carbocycles. The van der Waals surface area contributed by atoms with E-state index in [1.54, 1.807) is 6.20 Å². The highest BCUT2D eigenvalue weighted by Crippen LogP contribution is 2.39. The summed E-state index contributed by atoms with van der Waals surface area (Å²) in [4.78, 5) is 4.24. The lowest BCUT2D eigenvalue weighted by Gasteiger charge is -2.26. The SMILES string of the molecule is CCCNC(c1cccnc1N)C1CCC(C)C1. The van der Waals surface area contributed by atoms with Gasteiger partial charge in [-0.2, -0.15) is 0 Å². The number of anilines is 1. The van der Waals surface area contributed by atoms with Crippen molar-refractivity contribution in [3.05, 3.63) is 23.9 Å². The molecule has 18 heavy (non-hydrogen) atoms. The van der Waals surface area contributed by atoms with Crippen LogP contribution in [-0.4, -0.2) is 11.5 Å². The van der Waals surface area contributed by atoms with Crippen molar-refractivity contribution in [2.45, 2.75) is 45.6 Å². The van der Waals surface area contributed by atoms with Crippen molar-refractivity contribution in [2.75, 3.05) is 12.3 Å². The number of rotatable bonds is 5. The number of hydrogen-bond donors (Lipinski definition) is 2. The van der Waals surface area contributed by atoms with E-state index in [4.69, 9.17) is 5.73 Å². The number of nitrogen functional groups attached to an aromatic ring is 1. The minimum absolute atomic E-state index is 0.378. The number of nitrogens with zero attached hydrogens (tertiary/aromatic N) is 1. The molecule has 0 spiro atoms. The molecule has 100 valence electrons. The quantitative estimate of drug-likeness (QED) is 0.840. The zero-order valence-corrected chi connectivity index (χ0v) is 11.5. The molecule has 1 aliphatic rings. The Morgan fingerprint density at radius 3 is 2.94 bits per heavy atom. The van der Waals surface area contributed by atoms with Crippen LogP contribution < -0.4 is 11.1 Å². The molecule has 0 saturated heterocycles. The fourth-order valence-corrected chi connectivity index (χ4v) is 3.08. The Morgan fingerprint density at radius 2 is 2.33 bits per heavy atom. The maximum Gasteiger partial charge on any atom is 0.128 e.